The molecule has 0 N–H and O–H groups in total. The molecular weight excluding hydrogens is 152 g/mol. The normalized spacial score (nSPS) is 17.6. The second-order valence-corrected chi connectivity index (χ2v) is 1.65. The van der Waals surface area contributed by atoms with Crippen LogP contribution >= 0.6 is 0 Å². The number of hydrogen-bond acceptors (Lipinski definition) is 5. The number of hydrogen-bond donors (Lipinski definition) is 0. The van der Waals surface area contributed by atoms with Crippen molar-refractivity contribution in [2.24, 2.45) is 0 Å². The van der Waals surface area contributed by atoms with E-state index in [0.29, 0.717) is 0 Å². The fourth-order valence-electron chi connectivity index (χ4n) is 0.482. The first-order chi connectivity index (χ1) is 5.24. The molecule has 0 atom stereocenters. The first-order valence-electron chi connectivity index (χ1n) is 2.67. The second-order valence-electron chi connectivity index (χ2n) is 1.65. The molecule has 11 heavy (non-hydrogen) atoms. The van der Waals surface area contributed by atoms with Gasteiger partial charge in [-0.1, -0.05) is 12.7 Å². The summed E-state index contributed by atoms with van der Waals surface area (Å²) in [6.07, 6.45) is 2.08. The summed E-state index contributed by atoms with van der Waals surface area (Å²) in [5.74, 6) is -1.63. The smallest absolute Gasteiger partial charge is 0.255 e. The standard InChI is InChI=1S/C6H4O5/c1-2-4-3-5(7)9-11-10-6(4)8/h2-3H,1H2. The molecule has 0 amide bonds. The fourth-order valence-corrected chi connectivity index (χ4v) is 0.482. The SMILES string of the molecule is C=CC1=CC(=O)OOOC1=O. The highest BCUT2D eigenvalue weighted by atomic mass is 17.5. The van der Waals surface area contributed by atoms with E-state index in [1.165, 1.54) is 0 Å². The molecule has 0 aromatic rings. The van der Waals surface area contributed by atoms with Crippen molar-refractivity contribution in [1.29, 1.82) is 0 Å². The van der Waals surface area contributed by atoms with Crippen LogP contribution in [0.2, 0.25) is 0 Å². The summed E-state index contributed by atoms with van der Waals surface area (Å²) in [7, 11) is 0. The van der Waals surface area contributed by atoms with Gasteiger partial charge in [-0.25, -0.2) is 9.59 Å². The van der Waals surface area contributed by atoms with E-state index in [4.69, 9.17) is 0 Å². The van der Waals surface area contributed by atoms with E-state index >= 15 is 0 Å². The van der Waals surface area contributed by atoms with Crippen LogP contribution in [0.1, 0.15) is 0 Å². The van der Waals surface area contributed by atoms with Gasteiger partial charge in [0, 0.05) is 11.1 Å². The molecule has 0 saturated carbocycles. The lowest BCUT2D eigenvalue weighted by Crippen LogP contribution is -2.03. The molecule has 0 spiro atoms. The van der Waals surface area contributed by atoms with Crippen molar-refractivity contribution in [2.45, 2.75) is 0 Å². The minimum absolute atomic E-state index is 0.00694. The average molecular weight is 156 g/mol. The van der Waals surface area contributed by atoms with E-state index in [2.05, 4.69) is 21.4 Å². The van der Waals surface area contributed by atoms with E-state index < -0.39 is 11.9 Å². The van der Waals surface area contributed by atoms with Crippen molar-refractivity contribution >= 4 is 11.9 Å². The molecule has 58 valence electrons. The Labute approximate surface area is 61.7 Å². The fraction of sp³-hybridized carbons (Fsp3) is 0. The summed E-state index contributed by atoms with van der Waals surface area (Å²) >= 11 is 0. The number of rotatable bonds is 1. The van der Waals surface area contributed by atoms with Crippen LogP contribution in [-0.2, 0) is 24.4 Å². The summed E-state index contributed by atoms with van der Waals surface area (Å²) in [6.45, 7) is 3.28. The predicted octanol–water partition coefficient (Wildman–Crippen LogP) is 0.0454. The van der Waals surface area contributed by atoms with E-state index in [1.54, 1.807) is 0 Å². The molecule has 1 rings (SSSR count). The molecule has 5 nitrogen and oxygen atoms in total. The topological polar surface area (TPSA) is 61.8 Å². The molecule has 1 aliphatic heterocycles. The van der Waals surface area contributed by atoms with Gasteiger partial charge in [0.2, 0.25) is 0 Å². The van der Waals surface area contributed by atoms with Gasteiger partial charge in [-0.2, -0.15) is 0 Å². The predicted molar refractivity (Wildman–Crippen MR) is 31.5 cm³/mol. The Balaban J connectivity index is 2.89. The first-order valence-corrected chi connectivity index (χ1v) is 2.67. The highest BCUT2D eigenvalue weighted by Gasteiger charge is 2.17. The van der Waals surface area contributed by atoms with Gasteiger partial charge < -0.3 is 0 Å². The average Bonchev–Trinajstić information content (AvgIpc) is 2.13. The van der Waals surface area contributed by atoms with Crippen molar-refractivity contribution in [1.82, 2.24) is 0 Å². The maximum Gasteiger partial charge on any atom is 0.377 e. The van der Waals surface area contributed by atoms with Crippen LogP contribution in [0.3, 0.4) is 0 Å². The van der Waals surface area contributed by atoms with Crippen molar-refractivity contribution in [3.8, 4) is 0 Å². The van der Waals surface area contributed by atoms with E-state index in [-0.39, 0.29) is 5.57 Å². The molecule has 0 saturated heterocycles. The molecular formula is C6H4O5. The van der Waals surface area contributed by atoms with Crippen LogP contribution in [0.25, 0.3) is 0 Å². The van der Waals surface area contributed by atoms with Crippen LogP contribution < -0.4 is 0 Å². The summed E-state index contributed by atoms with van der Waals surface area (Å²) in [5, 5.41) is 3.75. The Morgan fingerprint density at radius 1 is 1.36 bits per heavy atom. The van der Waals surface area contributed by atoms with Gasteiger partial charge in [-0.3, -0.25) is 9.78 Å². The van der Waals surface area contributed by atoms with Gasteiger partial charge in [-0.15, -0.1) is 0 Å². The highest BCUT2D eigenvalue weighted by Crippen LogP contribution is 2.05. The number of carbonyl (C=O) groups excluding carboxylic acids is 2. The van der Waals surface area contributed by atoms with Gasteiger partial charge in [0.1, 0.15) is 0 Å². The van der Waals surface area contributed by atoms with Crippen molar-refractivity contribution in [3.63, 3.8) is 0 Å². The van der Waals surface area contributed by atoms with Crippen LogP contribution in [0, 0.1) is 0 Å². The van der Waals surface area contributed by atoms with E-state index in [9.17, 15) is 9.59 Å². The molecule has 5 heteroatoms. The maximum absolute atomic E-state index is 10.7. The van der Waals surface area contributed by atoms with Crippen molar-refractivity contribution < 1.29 is 24.4 Å². The first kappa shape index (κ1) is 7.49. The summed E-state index contributed by atoms with van der Waals surface area (Å²) in [6, 6.07) is 0. The van der Waals surface area contributed by atoms with Gasteiger partial charge in [0.15, 0.2) is 0 Å². The minimum atomic E-state index is -0.814. The zero-order valence-electron chi connectivity index (χ0n) is 5.40. The maximum atomic E-state index is 10.7. The Bertz CT molecular complexity index is 239. The molecule has 0 aliphatic carbocycles. The summed E-state index contributed by atoms with van der Waals surface area (Å²) in [4.78, 5) is 29.0. The van der Waals surface area contributed by atoms with Gasteiger partial charge in [-0.05, 0) is 0 Å². The minimum Gasteiger partial charge on any atom is -0.255 e. The third kappa shape index (κ3) is 1.65. The molecule has 1 heterocycles. The third-order valence-corrected chi connectivity index (χ3v) is 0.955. The van der Waals surface area contributed by atoms with Gasteiger partial charge >= 0.3 is 11.9 Å². The molecule has 0 bridgehead atoms. The molecule has 0 aromatic heterocycles. The largest absolute Gasteiger partial charge is 0.377 e. The van der Waals surface area contributed by atoms with Gasteiger partial charge in [0.25, 0.3) is 0 Å². The van der Waals surface area contributed by atoms with Crippen molar-refractivity contribution in [3.05, 3.63) is 24.3 Å². The lowest BCUT2D eigenvalue weighted by molar-refractivity contribution is -0.454. The van der Waals surface area contributed by atoms with Crippen molar-refractivity contribution in [2.75, 3.05) is 0 Å². The quantitative estimate of drug-likeness (QED) is 0.502. The molecule has 0 aromatic carbocycles. The lowest BCUT2D eigenvalue weighted by atomic mass is 10.2. The van der Waals surface area contributed by atoms with E-state index in [0.717, 1.165) is 12.2 Å². The van der Waals surface area contributed by atoms with Crippen LogP contribution in [0.5, 0.6) is 0 Å². The monoisotopic (exact) mass is 156 g/mol. The summed E-state index contributed by atoms with van der Waals surface area (Å²) < 4.78 is 0. The highest BCUT2D eigenvalue weighted by molar-refractivity contribution is 5.98. The molecule has 0 fully saturated rings. The Hall–Kier alpha value is -1.62. The molecule has 1 aliphatic rings. The van der Waals surface area contributed by atoms with E-state index in [1.807, 2.05) is 0 Å². The van der Waals surface area contributed by atoms with Crippen LogP contribution in [-0.4, -0.2) is 11.9 Å². The Morgan fingerprint density at radius 3 is 2.73 bits per heavy atom. The zero-order valence-corrected chi connectivity index (χ0v) is 5.40. The Kier molecular flexibility index (Phi) is 2.03. The molecule has 0 radical (unpaired) electrons. The molecule has 0 unspecified atom stereocenters. The van der Waals surface area contributed by atoms with Crippen LogP contribution in [0.4, 0.5) is 0 Å². The summed E-state index contributed by atoms with van der Waals surface area (Å²) in [5.41, 5.74) is -0.00694. The second kappa shape index (κ2) is 2.98. The van der Waals surface area contributed by atoms with Crippen LogP contribution in [0.15, 0.2) is 24.3 Å². The van der Waals surface area contributed by atoms with Gasteiger partial charge in [0.05, 0.1) is 5.57 Å². The lowest BCUT2D eigenvalue weighted by Gasteiger charge is -1.93. The zero-order chi connectivity index (χ0) is 8.27. The number of carbonyl (C=O) groups is 2. The third-order valence-electron chi connectivity index (χ3n) is 0.955. The Morgan fingerprint density at radius 2 is 2.09 bits per heavy atom.